The fraction of sp³-hybridized carbons (Fsp3) is 0.250. The van der Waals surface area contributed by atoms with Crippen LogP contribution in [0.2, 0.25) is 0 Å². The average molecular weight is 239 g/mol. The number of esters is 1. The van der Waals surface area contributed by atoms with E-state index in [2.05, 4.69) is 0 Å². The highest BCUT2D eigenvalue weighted by Gasteiger charge is 2.40. The normalized spacial score (nSPS) is 25.5. The molecule has 4 heteroatoms. The Hall–Kier alpha value is -1.48. The molecule has 1 aromatic rings. The summed E-state index contributed by atoms with van der Waals surface area (Å²) in [5, 5.41) is 9.73. The molecule has 1 N–H and O–H groups in total. The molecule has 0 saturated heterocycles. The third kappa shape index (κ3) is 1.57. The van der Waals surface area contributed by atoms with Crippen LogP contribution in [-0.4, -0.2) is 17.7 Å². The maximum atomic E-state index is 11.2. The van der Waals surface area contributed by atoms with E-state index < -0.39 is 11.4 Å². The van der Waals surface area contributed by atoms with Crippen LogP contribution in [0.15, 0.2) is 41.1 Å². The lowest BCUT2D eigenvalue weighted by Crippen LogP contribution is -2.37. The number of halogens is 1. The van der Waals surface area contributed by atoms with Gasteiger partial charge in [-0.1, -0.05) is 41.9 Å². The van der Waals surface area contributed by atoms with Crippen LogP contribution in [0, 0.1) is 0 Å². The van der Waals surface area contributed by atoms with Gasteiger partial charge in [0.1, 0.15) is 12.4 Å². The number of aliphatic hydroxyl groups excluding tert-OH is 1. The van der Waals surface area contributed by atoms with Gasteiger partial charge in [0.2, 0.25) is 0 Å². The lowest BCUT2D eigenvalue weighted by molar-refractivity contribution is -0.142. The summed E-state index contributed by atoms with van der Waals surface area (Å²) in [5.41, 5.74) is 0.102. The molecule has 2 rings (SSSR count). The first-order valence-electron chi connectivity index (χ1n) is 4.87. The smallest absolute Gasteiger partial charge is 0.353 e. The van der Waals surface area contributed by atoms with Gasteiger partial charge in [0.05, 0.1) is 5.41 Å². The van der Waals surface area contributed by atoms with E-state index >= 15 is 0 Å². The van der Waals surface area contributed by atoms with Crippen LogP contribution in [0.1, 0.15) is 12.5 Å². The molecule has 3 nitrogen and oxygen atoms in total. The molecule has 0 aromatic heterocycles. The number of hydrogen-bond donors (Lipinski definition) is 1. The molecule has 16 heavy (non-hydrogen) atoms. The van der Waals surface area contributed by atoms with Gasteiger partial charge in [0, 0.05) is 0 Å². The van der Waals surface area contributed by atoms with Crippen LogP contribution in [0.3, 0.4) is 0 Å². The molecule has 0 fully saturated rings. The molecule has 0 aliphatic carbocycles. The molecule has 0 radical (unpaired) electrons. The fourth-order valence-electron chi connectivity index (χ4n) is 1.71. The highest BCUT2D eigenvalue weighted by molar-refractivity contribution is 6.41. The first-order valence-corrected chi connectivity index (χ1v) is 5.25. The van der Waals surface area contributed by atoms with Gasteiger partial charge in [0.15, 0.2) is 5.03 Å². The third-order valence-electron chi connectivity index (χ3n) is 2.81. The number of ether oxygens (including phenoxy) is 1. The Bertz CT molecular complexity index is 453. The lowest BCUT2D eigenvalue weighted by atomic mass is 9.80. The molecule has 0 unspecified atom stereocenters. The molecule has 0 amide bonds. The minimum atomic E-state index is -0.758. The monoisotopic (exact) mass is 238 g/mol. The summed E-state index contributed by atoms with van der Waals surface area (Å²) >= 11 is 5.71. The number of cyclic esters (lactones) is 1. The Balaban J connectivity index is 2.52. The van der Waals surface area contributed by atoms with Gasteiger partial charge in [-0.05, 0) is 12.5 Å². The highest BCUT2D eigenvalue weighted by atomic mass is 35.5. The van der Waals surface area contributed by atoms with Gasteiger partial charge >= 0.3 is 5.97 Å². The van der Waals surface area contributed by atoms with E-state index in [1.807, 2.05) is 30.3 Å². The van der Waals surface area contributed by atoms with Crippen molar-refractivity contribution in [2.75, 3.05) is 6.61 Å². The van der Waals surface area contributed by atoms with Crippen molar-refractivity contribution in [3.05, 3.63) is 46.7 Å². The Morgan fingerprint density at radius 3 is 2.62 bits per heavy atom. The molecule has 0 spiro atoms. The third-order valence-corrected chi connectivity index (χ3v) is 3.15. The quantitative estimate of drug-likeness (QED) is 0.765. The SMILES string of the molecule is C[C@]1(c2ccccc2)COC(=O)C(Cl)=C1O. The second-order valence-corrected chi connectivity index (χ2v) is 4.31. The van der Waals surface area contributed by atoms with Crippen molar-refractivity contribution in [1.82, 2.24) is 0 Å². The summed E-state index contributed by atoms with van der Waals surface area (Å²) in [6.07, 6.45) is 0. The van der Waals surface area contributed by atoms with Gasteiger partial charge in [-0.2, -0.15) is 0 Å². The summed E-state index contributed by atoms with van der Waals surface area (Å²) in [6.45, 7) is 1.88. The molecule has 1 aliphatic heterocycles. The van der Waals surface area contributed by atoms with E-state index in [-0.39, 0.29) is 17.4 Å². The topological polar surface area (TPSA) is 46.5 Å². The molecule has 0 bridgehead atoms. The van der Waals surface area contributed by atoms with Crippen LogP contribution < -0.4 is 0 Å². The van der Waals surface area contributed by atoms with Crippen molar-refractivity contribution in [1.29, 1.82) is 0 Å². The Morgan fingerprint density at radius 2 is 2.00 bits per heavy atom. The highest BCUT2D eigenvalue weighted by Crippen LogP contribution is 2.37. The molecule has 1 atom stereocenters. The summed E-state index contributed by atoms with van der Waals surface area (Å²) in [7, 11) is 0. The first-order chi connectivity index (χ1) is 7.55. The minimum absolute atomic E-state index is 0.0951. The largest absolute Gasteiger partial charge is 0.509 e. The van der Waals surface area contributed by atoms with Gasteiger partial charge in [0.25, 0.3) is 0 Å². The predicted octanol–water partition coefficient (Wildman–Crippen LogP) is 2.51. The van der Waals surface area contributed by atoms with Crippen molar-refractivity contribution < 1.29 is 14.6 Å². The number of benzene rings is 1. The average Bonchev–Trinajstić information content (AvgIpc) is 2.33. The number of carbonyl (C=O) groups is 1. The summed E-state index contributed by atoms with van der Waals surface area (Å²) in [4.78, 5) is 11.2. The molecular weight excluding hydrogens is 228 g/mol. The van der Waals surface area contributed by atoms with Gasteiger partial charge < -0.3 is 9.84 Å². The van der Waals surface area contributed by atoms with Crippen LogP contribution in [0.4, 0.5) is 0 Å². The number of carbonyl (C=O) groups excluding carboxylic acids is 1. The second kappa shape index (κ2) is 3.83. The summed E-state index contributed by atoms with van der Waals surface area (Å²) < 4.78 is 4.94. The Labute approximate surface area is 98.3 Å². The minimum Gasteiger partial charge on any atom is -0.509 e. The molecular formula is C12H11ClO3. The number of hydrogen-bond acceptors (Lipinski definition) is 3. The number of aliphatic hydroxyl groups is 1. The van der Waals surface area contributed by atoms with Crippen molar-refractivity contribution in [3.63, 3.8) is 0 Å². The number of rotatable bonds is 1. The van der Waals surface area contributed by atoms with E-state index in [0.717, 1.165) is 5.56 Å². The molecule has 1 heterocycles. The van der Waals surface area contributed by atoms with E-state index in [1.54, 1.807) is 6.92 Å². The fourth-order valence-corrected chi connectivity index (χ4v) is 1.97. The standard InChI is InChI=1S/C12H11ClO3/c1-12(8-5-3-2-4-6-8)7-16-11(15)9(13)10(12)14/h2-6,14H,7H2,1H3/t12-/m1/s1. The zero-order chi connectivity index (χ0) is 11.8. The van der Waals surface area contributed by atoms with Crippen molar-refractivity contribution in [2.45, 2.75) is 12.3 Å². The summed E-state index contributed by atoms with van der Waals surface area (Å²) in [5.74, 6) is -0.802. The van der Waals surface area contributed by atoms with Crippen LogP contribution >= 0.6 is 11.6 Å². The van der Waals surface area contributed by atoms with E-state index in [1.165, 1.54) is 0 Å². The second-order valence-electron chi connectivity index (χ2n) is 3.94. The lowest BCUT2D eigenvalue weighted by Gasteiger charge is -2.32. The predicted molar refractivity (Wildman–Crippen MR) is 60.3 cm³/mol. The molecule has 0 saturated carbocycles. The van der Waals surface area contributed by atoms with Gasteiger partial charge in [-0.25, -0.2) is 4.79 Å². The maximum Gasteiger partial charge on any atom is 0.353 e. The van der Waals surface area contributed by atoms with Crippen LogP contribution in [0.5, 0.6) is 0 Å². The zero-order valence-corrected chi connectivity index (χ0v) is 9.49. The van der Waals surface area contributed by atoms with E-state index in [4.69, 9.17) is 16.3 Å². The first kappa shape index (κ1) is 11.0. The van der Waals surface area contributed by atoms with Crippen molar-refractivity contribution >= 4 is 17.6 Å². The molecule has 84 valence electrons. The van der Waals surface area contributed by atoms with Crippen LogP contribution in [-0.2, 0) is 14.9 Å². The van der Waals surface area contributed by atoms with Crippen molar-refractivity contribution in [2.24, 2.45) is 0 Å². The van der Waals surface area contributed by atoms with Gasteiger partial charge in [-0.15, -0.1) is 0 Å². The van der Waals surface area contributed by atoms with E-state index in [9.17, 15) is 9.90 Å². The zero-order valence-electron chi connectivity index (χ0n) is 8.74. The van der Waals surface area contributed by atoms with Crippen molar-refractivity contribution in [3.8, 4) is 0 Å². The Morgan fingerprint density at radius 1 is 1.38 bits per heavy atom. The molecule has 1 aromatic carbocycles. The summed E-state index contributed by atoms with van der Waals surface area (Å²) in [6, 6.07) is 9.32. The van der Waals surface area contributed by atoms with Gasteiger partial charge in [-0.3, -0.25) is 0 Å². The Kier molecular flexibility index (Phi) is 2.64. The maximum absolute atomic E-state index is 11.2. The molecule has 1 aliphatic rings. The van der Waals surface area contributed by atoms with E-state index in [0.29, 0.717) is 0 Å². The van der Waals surface area contributed by atoms with Crippen LogP contribution in [0.25, 0.3) is 0 Å².